The van der Waals surface area contributed by atoms with Gasteiger partial charge in [0, 0.05) is 5.56 Å². The maximum atomic E-state index is 10.5. The van der Waals surface area contributed by atoms with E-state index in [4.69, 9.17) is 4.42 Å². The molecule has 0 spiro atoms. The predicted molar refractivity (Wildman–Crippen MR) is 59.0 cm³/mol. The van der Waals surface area contributed by atoms with Gasteiger partial charge in [-0.25, -0.2) is 0 Å². The number of carbonyl (C=O) groups is 1. The van der Waals surface area contributed by atoms with Gasteiger partial charge in [-0.15, -0.1) is 0 Å². The summed E-state index contributed by atoms with van der Waals surface area (Å²) in [5, 5.41) is 0. The van der Waals surface area contributed by atoms with Gasteiger partial charge in [-0.3, -0.25) is 4.79 Å². The zero-order valence-electron chi connectivity index (χ0n) is 8.78. The van der Waals surface area contributed by atoms with Crippen LogP contribution in [0.15, 0.2) is 34.7 Å². The Kier molecular flexibility index (Phi) is 2.42. The predicted octanol–water partition coefficient (Wildman–Crippen LogP) is 3.38. The second-order valence-electron chi connectivity index (χ2n) is 3.62. The Balaban J connectivity index is 2.44. The van der Waals surface area contributed by atoms with Crippen molar-refractivity contribution in [2.75, 3.05) is 0 Å². The lowest BCUT2D eigenvalue weighted by molar-refractivity contribution is 0.110. The van der Waals surface area contributed by atoms with Crippen LogP contribution in [0, 0.1) is 13.8 Å². The van der Waals surface area contributed by atoms with Gasteiger partial charge in [0.05, 0.1) is 0 Å². The molecule has 0 radical (unpaired) electrons. The van der Waals surface area contributed by atoms with Crippen molar-refractivity contribution in [3.63, 3.8) is 0 Å². The van der Waals surface area contributed by atoms with Crippen LogP contribution in [0.3, 0.4) is 0 Å². The Hall–Kier alpha value is -1.83. The highest BCUT2D eigenvalue weighted by Gasteiger charge is 2.04. The summed E-state index contributed by atoms with van der Waals surface area (Å²) in [7, 11) is 0. The van der Waals surface area contributed by atoms with Crippen LogP contribution in [0.25, 0.3) is 11.3 Å². The number of carbonyl (C=O) groups excluding carboxylic acids is 1. The highest BCUT2D eigenvalue weighted by atomic mass is 16.3. The van der Waals surface area contributed by atoms with Crippen LogP contribution in [0.5, 0.6) is 0 Å². The van der Waals surface area contributed by atoms with E-state index in [0.29, 0.717) is 12.0 Å². The van der Waals surface area contributed by atoms with Crippen LogP contribution < -0.4 is 0 Å². The molecule has 1 aromatic carbocycles. The molecule has 15 heavy (non-hydrogen) atoms. The van der Waals surface area contributed by atoms with Gasteiger partial charge in [-0.05, 0) is 43.2 Å². The third kappa shape index (κ3) is 1.84. The van der Waals surface area contributed by atoms with E-state index in [1.165, 1.54) is 11.1 Å². The third-order valence-corrected chi connectivity index (χ3v) is 2.53. The lowest BCUT2D eigenvalue weighted by Crippen LogP contribution is -1.81. The van der Waals surface area contributed by atoms with Gasteiger partial charge in [0.15, 0.2) is 12.0 Å². The minimum Gasteiger partial charge on any atom is -0.453 e. The first kappa shape index (κ1) is 9.71. The van der Waals surface area contributed by atoms with Crippen molar-refractivity contribution in [2.24, 2.45) is 0 Å². The molecule has 0 bridgehead atoms. The van der Waals surface area contributed by atoms with E-state index in [-0.39, 0.29) is 0 Å². The lowest BCUT2D eigenvalue weighted by Gasteiger charge is -2.02. The third-order valence-electron chi connectivity index (χ3n) is 2.53. The molecule has 2 aromatic rings. The monoisotopic (exact) mass is 200 g/mol. The standard InChI is InChI=1S/C13H12O2/c1-9-3-4-11(7-10(9)2)13-6-5-12(8-14)15-13/h3-8H,1-2H3. The van der Waals surface area contributed by atoms with Gasteiger partial charge < -0.3 is 4.42 Å². The van der Waals surface area contributed by atoms with Crippen LogP contribution in [0.2, 0.25) is 0 Å². The highest BCUT2D eigenvalue weighted by molar-refractivity contribution is 5.72. The minimum absolute atomic E-state index is 0.364. The molecule has 0 atom stereocenters. The highest BCUT2D eigenvalue weighted by Crippen LogP contribution is 2.23. The summed E-state index contributed by atoms with van der Waals surface area (Å²) in [5.74, 6) is 1.10. The first-order valence-electron chi connectivity index (χ1n) is 4.83. The average Bonchev–Trinajstić information content (AvgIpc) is 2.70. The van der Waals surface area contributed by atoms with E-state index in [9.17, 15) is 4.79 Å². The SMILES string of the molecule is Cc1ccc(-c2ccc(C=O)o2)cc1C. The van der Waals surface area contributed by atoms with Crippen LogP contribution in [-0.4, -0.2) is 6.29 Å². The quantitative estimate of drug-likeness (QED) is 0.695. The first-order valence-corrected chi connectivity index (χ1v) is 4.83. The molecule has 2 rings (SSSR count). The maximum absolute atomic E-state index is 10.5. The normalized spacial score (nSPS) is 10.3. The molecule has 0 unspecified atom stereocenters. The molecular formula is C13H12O2. The van der Waals surface area contributed by atoms with Gasteiger partial charge in [-0.2, -0.15) is 0 Å². The molecular weight excluding hydrogens is 188 g/mol. The van der Waals surface area contributed by atoms with E-state index in [0.717, 1.165) is 11.3 Å². The van der Waals surface area contributed by atoms with Crippen LogP contribution >= 0.6 is 0 Å². The van der Waals surface area contributed by atoms with Crippen LogP contribution in [0.4, 0.5) is 0 Å². The number of furan rings is 1. The molecule has 2 heteroatoms. The molecule has 0 N–H and O–H groups in total. The number of hydrogen-bond acceptors (Lipinski definition) is 2. The van der Waals surface area contributed by atoms with Crippen molar-refractivity contribution < 1.29 is 9.21 Å². The van der Waals surface area contributed by atoms with Crippen molar-refractivity contribution in [1.82, 2.24) is 0 Å². The minimum atomic E-state index is 0.364. The number of benzene rings is 1. The Labute approximate surface area is 88.5 Å². The fourth-order valence-electron chi connectivity index (χ4n) is 1.47. The number of aldehydes is 1. The van der Waals surface area contributed by atoms with Crippen molar-refractivity contribution in [3.8, 4) is 11.3 Å². The van der Waals surface area contributed by atoms with Gasteiger partial charge >= 0.3 is 0 Å². The molecule has 0 saturated carbocycles. The zero-order chi connectivity index (χ0) is 10.8. The summed E-state index contributed by atoms with van der Waals surface area (Å²) in [5.41, 5.74) is 3.48. The van der Waals surface area contributed by atoms with Crippen molar-refractivity contribution in [2.45, 2.75) is 13.8 Å². The molecule has 0 amide bonds. The van der Waals surface area contributed by atoms with Crippen molar-refractivity contribution >= 4 is 6.29 Å². The molecule has 0 fully saturated rings. The second kappa shape index (κ2) is 3.73. The molecule has 1 aromatic heterocycles. The molecule has 0 aliphatic rings. The van der Waals surface area contributed by atoms with E-state index in [2.05, 4.69) is 19.9 Å². The van der Waals surface area contributed by atoms with Gasteiger partial charge in [-0.1, -0.05) is 12.1 Å². The molecule has 0 aliphatic heterocycles. The number of hydrogen-bond donors (Lipinski definition) is 0. The fraction of sp³-hybridized carbons (Fsp3) is 0.154. The summed E-state index contributed by atoms with van der Waals surface area (Å²) in [6.45, 7) is 4.13. The fourth-order valence-corrected chi connectivity index (χ4v) is 1.47. The van der Waals surface area contributed by atoms with E-state index in [1.807, 2.05) is 18.2 Å². The lowest BCUT2D eigenvalue weighted by atomic mass is 10.1. The smallest absolute Gasteiger partial charge is 0.185 e. The summed E-state index contributed by atoms with van der Waals surface area (Å²) in [6.07, 6.45) is 0.713. The first-order chi connectivity index (χ1) is 7.20. The summed E-state index contributed by atoms with van der Waals surface area (Å²) >= 11 is 0. The average molecular weight is 200 g/mol. The summed E-state index contributed by atoms with van der Waals surface area (Å²) in [4.78, 5) is 10.5. The molecule has 0 aliphatic carbocycles. The van der Waals surface area contributed by atoms with E-state index < -0.39 is 0 Å². The Morgan fingerprint density at radius 2 is 1.87 bits per heavy atom. The van der Waals surface area contributed by atoms with Gasteiger partial charge in [0.1, 0.15) is 5.76 Å². The zero-order valence-corrected chi connectivity index (χ0v) is 8.78. The number of rotatable bonds is 2. The van der Waals surface area contributed by atoms with E-state index in [1.54, 1.807) is 6.07 Å². The van der Waals surface area contributed by atoms with Crippen molar-refractivity contribution in [1.29, 1.82) is 0 Å². The Morgan fingerprint density at radius 3 is 2.47 bits per heavy atom. The summed E-state index contributed by atoms with van der Waals surface area (Å²) < 4.78 is 5.35. The topological polar surface area (TPSA) is 30.2 Å². The molecule has 0 saturated heterocycles. The molecule has 1 heterocycles. The maximum Gasteiger partial charge on any atom is 0.185 e. The van der Waals surface area contributed by atoms with Crippen LogP contribution in [-0.2, 0) is 0 Å². The largest absolute Gasteiger partial charge is 0.453 e. The molecule has 76 valence electrons. The number of aryl methyl sites for hydroxylation is 2. The van der Waals surface area contributed by atoms with Crippen molar-refractivity contribution in [3.05, 3.63) is 47.2 Å². The van der Waals surface area contributed by atoms with Gasteiger partial charge in [0.2, 0.25) is 0 Å². The molecule has 2 nitrogen and oxygen atoms in total. The summed E-state index contributed by atoms with van der Waals surface area (Å²) in [6, 6.07) is 9.59. The second-order valence-corrected chi connectivity index (χ2v) is 3.62. The van der Waals surface area contributed by atoms with Crippen LogP contribution in [0.1, 0.15) is 21.7 Å². The van der Waals surface area contributed by atoms with Gasteiger partial charge in [0.25, 0.3) is 0 Å². The Bertz CT molecular complexity index is 495. The van der Waals surface area contributed by atoms with E-state index >= 15 is 0 Å². The Morgan fingerprint density at radius 1 is 1.07 bits per heavy atom.